The number of hydrogen-bond acceptors (Lipinski definition) is 3. The number of hydrogen-bond donors (Lipinski definition) is 0. The molecule has 0 radical (unpaired) electrons. The Labute approximate surface area is 96.5 Å². The summed E-state index contributed by atoms with van der Waals surface area (Å²) in [6.45, 7) is 4.36. The molecular formula is C13H17N3. The smallest absolute Gasteiger partial charge is 0.226 e. The van der Waals surface area contributed by atoms with Crippen molar-refractivity contribution in [2.24, 2.45) is 0 Å². The summed E-state index contributed by atoms with van der Waals surface area (Å²) in [5, 5.41) is 0. The van der Waals surface area contributed by atoms with Gasteiger partial charge in [0.1, 0.15) is 0 Å². The van der Waals surface area contributed by atoms with E-state index in [0.29, 0.717) is 5.92 Å². The van der Waals surface area contributed by atoms with Gasteiger partial charge >= 0.3 is 0 Å². The largest absolute Gasteiger partial charge is 0.347 e. The zero-order chi connectivity index (χ0) is 11.7. The van der Waals surface area contributed by atoms with Gasteiger partial charge in [0.05, 0.1) is 11.4 Å². The lowest BCUT2D eigenvalue weighted by Gasteiger charge is -2.05. The van der Waals surface area contributed by atoms with Crippen molar-refractivity contribution in [1.82, 2.24) is 9.97 Å². The summed E-state index contributed by atoms with van der Waals surface area (Å²) in [5.41, 5.74) is 3.24. The van der Waals surface area contributed by atoms with Gasteiger partial charge in [0.15, 0.2) is 0 Å². The lowest BCUT2D eigenvalue weighted by molar-refractivity contribution is 0.865. The second-order valence-corrected chi connectivity index (χ2v) is 4.48. The Morgan fingerprint density at radius 1 is 1.06 bits per heavy atom. The van der Waals surface area contributed by atoms with E-state index in [9.17, 15) is 0 Å². The minimum atomic E-state index is 0.460. The minimum absolute atomic E-state index is 0.460. The molecule has 0 fully saturated rings. The maximum absolute atomic E-state index is 4.59. The van der Waals surface area contributed by atoms with E-state index in [1.54, 1.807) is 0 Å². The van der Waals surface area contributed by atoms with Crippen LogP contribution in [0.25, 0.3) is 11.4 Å². The molecule has 0 amide bonds. The van der Waals surface area contributed by atoms with Crippen LogP contribution in [0.4, 0.5) is 5.95 Å². The first-order valence-electron chi connectivity index (χ1n) is 5.53. The second kappa shape index (κ2) is 4.08. The predicted molar refractivity (Wildman–Crippen MR) is 67.1 cm³/mol. The average Bonchev–Trinajstić information content (AvgIpc) is 2.52. The summed E-state index contributed by atoms with van der Waals surface area (Å²) in [5.74, 6) is 1.24. The monoisotopic (exact) mass is 215 g/mol. The maximum Gasteiger partial charge on any atom is 0.226 e. The van der Waals surface area contributed by atoms with Crippen LogP contribution in [0.3, 0.4) is 0 Å². The molecule has 3 nitrogen and oxygen atoms in total. The zero-order valence-electron chi connectivity index (χ0n) is 10.2. The molecule has 0 atom stereocenters. The lowest BCUT2D eigenvalue weighted by atomic mass is 10.0. The molecule has 2 rings (SSSR count). The topological polar surface area (TPSA) is 29.0 Å². The van der Waals surface area contributed by atoms with Crippen molar-refractivity contribution in [3.05, 3.63) is 29.8 Å². The molecule has 0 bridgehead atoms. The van der Waals surface area contributed by atoms with Crippen LogP contribution in [0.1, 0.15) is 25.3 Å². The van der Waals surface area contributed by atoms with Gasteiger partial charge in [-0.15, -0.1) is 0 Å². The van der Waals surface area contributed by atoms with Gasteiger partial charge in [-0.25, -0.2) is 9.97 Å². The number of imidazole rings is 1. The molecule has 84 valence electrons. The van der Waals surface area contributed by atoms with Crippen LogP contribution in [-0.2, 0) is 0 Å². The minimum Gasteiger partial charge on any atom is -0.347 e. The Bertz CT molecular complexity index is 463. The summed E-state index contributed by atoms with van der Waals surface area (Å²) in [4.78, 5) is 11.0. The van der Waals surface area contributed by atoms with E-state index >= 15 is 0 Å². The van der Waals surface area contributed by atoms with E-state index < -0.39 is 0 Å². The van der Waals surface area contributed by atoms with Gasteiger partial charge < -0.3 is 4.90 Å². The molecule has 0 aromatic carbocycles. The molecule has 0 aromatic heterocycles. The summed E-state index contributed by atoms with van der Waals surface area (Å²) >= 11 is 0. The molecule has 0 unspecified atom stereocenters. The molecule has 0 saturated heterocycles. The van der Waals surface area contributed by atoms with Crippen LogP contribution < -0.4 is 4.90 Å². The van der Waals surface area contributed by atoms with Crippen LogP contribution in [-0.4, -0.2) is 24.1 Å². The lowest BCUT2D eigenvalue weighted by Crippen LogP contribution is -2.09. The van der Waals surface area contributed by atoms with Gasteiger partial charge in [-0.1, -0.05) is 32.0 Å². The van der Waals surface area contributed by atoms with E-state index in [-0.39, 0.29) is 0 Å². The van der Waals surface area contributed by atoms with Gasteiger partial charge in [0.2, 0.25) is 5.95 Å². The van der Waals surface area contributed by atoms with Gasteiger partial charge in [-0.2, -0.15) is 0 Å². The summed E-state index contributed by atoms with van der Waals surface area (Å²) in [7, 11) is 3.92. The average molecular weight is 215 g/mol. The van der Waals surface area contributed by atoms with Crippen molar-refractivity contribution in [1.29, 1.82) is 0 Å². The fourth-order valence-electron chi connectivity index (χ4n) is 1.72. The summed E-state index contributed by atoms with van der Waals surface area (Å²) in [6, 6.07) is 8.21. The highest BCUT2D eigenvalue weighted by Gasteiger charge is 2.16. The van der Waals surface area contributed by atoms with Gasteiger partial charge in [0.25, 0.3) is 0 Å². The van der Waals surface area contributed by atoms with E-state index in [1.165, 1.54) is 5.56 Å². The first-order valence-corrected chi connectivity index (χ1v) is 5.53. The molecule has 0 spiro atoms. The Morgan fingerprint density at radius 2 is 1.75 bits per heavy atom. The molecule has 0 N–H and O–H groups in total. The highest BCUT2D eigenvalue weighted by Crippen LogP contribution is 2.29. The van der Waals surface area contributed by atoms with Crippen molar-refractivity contribution in [2.75, 3.05) is 19.0 Å². The van der Waals surface area contributed by atoms with Crippen LogP contribution in [0, 0.1) is 0 Å². The Balaban J connectivity index is 2.64. The SMILES string of the molecule is CC(C)c1ccccc2nc(N(C)C)nc1-2. The van der Waals surface area contributed by atoms with Crippen molar-refractivity contribution in [3.8, 4) is 11.4 Å². The van der Waals surface area contributed by atoms with Crippen LogP contribution in [0.15, 0.2) is 24.3 Å². The van der Waals surface area contributed by atoms with E-state index in [0.717, 1.165) is 17.3 Å². The first kappa shape index (κ1) is 10.9. The van der Waals surface area contributed by atoms with Crippen molar-refractivity contribution < 1.29 is 0 Å². The molecule has 1 aliphatic heterocycles. The van der Waals surface area contributed by atoms with E-state index in [4.69, 9.17) is 0 Å². The van der Waals surface area contributed by atoms with Gasteiger partial charge in [-0.05, 0) is 17.5 Å². The molecule has 3 heteroatoms. The second-order valence-electron chi connectivity index (χ2n) is 4.48. The molecule has 16 heavy (non-hydrogen) atoms. The number of aromatic nitrogens is 2. The zero-order valence-corrected chi connectivity index (χ0v) is 10.2. The van der Waals surface area contributed by atoms with Gasteiger partial charge in [0, 0.05) is 14.1 Å². The van der Waals surface area contributed by atoms with Gasteiger partial charge in [-0.3, -0.25) is 0 Å². The molecular weight excluding hydrogens is 198 g/mol. The Hall–Kier alpha value is -1.64. The molecule has 0 aromatic rings. The predicted octanol–water partition coefficient (Wildman–Crippen LogP) is 2.77. The van der Waals surface area contributed by atoms with Crippen molar-refractivity contribution in [2.45, 2.75) is 19.8 Å². The fraction of sp³-hybridized carbons (Fsp3) is 0.385. The normalized spacial score (nSPS) is 11.1. The Kier molecular flexibility index (Phi) is 2.77. The van der Waals surface area contributed by atoms with E-state index in [2.05, 4.69) is 29.9 Å². The maximum atomic E-state index is 4.59. The van der Waals surface area contributed by atoms with E-state index in [1.807, 2.05) is 37.2 Å². The fourth-order valence-corrected chi connectivity index (χ4v) is 1.72. The number of fused-ring (bicyclic) bond motifs is 1. The van der Waals surface area contributed by atoms with Crippen molar-refractivity contribution >= 4 is 5.95 Å². The van der Waals surface area contributed by atoms with Crippen molar-refractivity contribution in [3.63, 3.8) is 0 Å². The molecule has 1 aliphatic carbocycles. The molecule has 2 aliphatic rings. The third-order valence-corrected chi connectivity index (χ3v) is 2.61. The number of rotatable bonds is 2. The number of anilines is 1. The standard InChI is InChI=1S/C13H17N3/c1-9(2)10-7-5-6-8-11-12(10)15-13(14-11)16(3)4/h5-9H,1-4H3. The third-order valence-electron chi connectivity index (χ3n) is 2.61. The highest BCUT2D eigenvalue weighted by molar-refractivity contribution is 5.64. The summed E-state index contributed by atoms with van der Waals surface area (Å²) < 4.78 is 0. The number of nitrogens with zero attached hydrogens (tertiary/aromatic N) is 3. The highest BCUT2D eigenvalue weighted by atomic mass is 15.2. The quantitative estimate of drug-likeness (QED) is 0.771. The molecule has 1 heterocycles. The van der Waals surface area contributed by atoms with Crippen LogP contribution >= 0.6 is 0 Å². The summed E-state index contributed by atoms with van der Waals surface area (Å²) in [6.07, 6.45) is 0. The van der Waals surface area contributed by atoms with Crippen LogP contribution in [0.5, 0.6) is 0 Å². The van der Waals surface area contributed by atoms with Crippen LogP contribution in [0.2, 0.25) is 0 Å². The molecule has 0 saturated carbocycles. The first-order chi connectivity index (χ1) is 7.59. The third kappa shape index (κ3) is 1.85. The Morgan fingerprint density at radius 3 is 2.38 bits per heavy atom.